The van der Waals surface area contributed by atoms with Crippen molar-refractivity contribution in [3.63, 3.8) is 0 Å². The zero-order chi connectivity index (χ0) is 17.0. The molecule has 0 aliphatic carbocycles. The van der Waals surface area contributed by atoms with E-state index in [4.69, 9.17) is 4.42 Å². The largest absolute Gasteiger partial charge is 0.467 e. The number of carbonyl (C=O) groups is 1. The topological polar surface area (TPSA) is 71.7 Å². The van der Waals surface area contributed by atoms with Crippen LogP contribution in [-0.4, -0.2) is 24.2 Å². The standard InChI is InChI=1S/C14H11F4NO4/c15-8-4-7(23-14(17)18)5-9(16)12(8)13(21)19-6-10(20)11-2-1-3-22-11/h1-5,10,14,20H,6H2,(H,19,21)/t10-/m1/s1. The van der Waals surface area contributed by atoms with Crippen molar-refractivity contribution in [2.45, 2.75) is 12.7 Å². The van der Waals surface area contributed by atoms with Crippen LogP contribution in [-0.2, 0) is 0 Å². The fourth-order valence-corrected chi connectivity index (χ4v) is 1.80. The molecule has 0 spiro atoms. The molecule has 9 heteroatoms. The molecule has 5 nitrogen and oxygen atoms in total. The molecule has 23 heavy (non-hydrogen) atoms. The molecular weight excluding hydrogens is 322 g/mol. The van der Waals surface area contributed by atoms with Crippen LogP contribution in [0.15, 0.2) is 34.9 Å². The van der Waals surface area contributed by atoms with Crippen molar-refractivity contribution in [3.05, 3.63) is 53.5 Å². The van der Waals surface area contributed by atoms with Gasteiger partial charge in [-0.2, -0.15) is 8.78 Å². The van der Waals surface area contributed by atoms with Crippen LogP contribution in [0.5, 0.6) is 5.75 Å². The third-order valence-corrected chi connectivity index (χ3v) is 2.80. The molecule has 2 aromatic rings. The summed E-state index contributed by atoms with van der Waals surface area (Å²) in [6.45, 7) is -3.61. The quantitative estimate of drug-likeness (QED) is 0.797. The van der Waals surface area contributed by atoms with Crippen molar-refractivity contribution >= 4 is 5.91 Å². The van der Waals surface area contributed by atoms with E-state index in [0.29, 0.717) is 12.1 Å². The van der Waals surface area contributed by atoms with Crippen molar-refractivity contribution < 1.29 is 36.6 Å². The monoisotopic (exact) mass is 333 g/mol. The molecule has 2 rings (SSSR count). The predicted octanol–water partition coefficient (Wildman–Crippen LogP) is 2.62. The maximum absolute atomic E-state index is 13.7. The molecule has 0 saturated heterocycles. The lowest BCUT2D eigenvalue weighted by Gasteiger charge is -2.12. The van der Waals surface area contributed by atoms with Crippen LogP contribution in [0.4, 0.5) is 17.6 Å². The smallest absolute Gasteiger partial charge is 0.387 e. The predicted molar refractivity (Wildman–Crippen MR) is 69.0 cm³/mol. The van der Waals surface area contributed by atoms with Crippen molar-refractivity contribution in [3.8, 4) is 5.75 Å². The highest BCUT2D eigenvalue weighted by molar-refractivity contribution is 5.94. The van der Waals surface area contributed by atoms with Gasteiger partial charge in [-0.3, -0.25) is 4.79 Å². The molecule has 0 fully saturated rings. The summed E-state index contributed by atoms with van der Waals surface area (Å²) in [6, 6.07) is 3.90. The number of hydrogen-bond donors (Lipinski definition) is 2. The molecule has 2 N–H and O–H groups in total. The molecule has 1 amide bonds. The van der Waals surface area contributed by atoms with E-state index in [1.54, 1.807) is 0 Å². The Morgan fingerprint density at radius 2 is 1.96 bits per heavy atom. The lowest BCUT2D eigenvalue weighted by molar-refractivity contribution is -0.0501. The Kier molecular flexibility index (Phi) is 5.22. The van der Waals surface area contributed by atoms with E-state index in [1.165, 1.54) is 18.4 Å². The molecule has 124 valence electrons. The van der Waals surface area contributed by atoms with Crippen LogP contribution >= 0.6 is 0 Å². The number of carbonyl (C=O) groups excluding carboxylic acids is 1. The minimum Gasteiger partial charge on any atom is -0.467 e. The third kappa shape index (κ3) is 4.22. The van der Waals surface area contributed by atoms with Crippen molar-refractivity contribution in [2.24, 2.45) is 0 Å². The normalized spacial score (nSPS) is 12.3. The molecule has 0 bridgehead atoms. The van der Waals surface area contributed by atoms with Crippen molar-refractivity contribution in [1.82, 2.24) is 5.32 Å². The number of nitrogens with one attached hydrogen (secondary N) is 1. The van der Waals surface area contributed by atoms with Crippen LogP contribution < -0.4 is 10.1 Å². The molecule has 1 heterocycles. The van der Waals surface area contributed by atoms with Crippen LogP contribution in [0.2, 0.25) is 0 Å². The van der Waals surface area contributed by atoms with Crippen LogP contribution in [0.1, 0.15) is 22.2 Å². The molecule has 1 aromatic carbocycles. The minimum atomic E-state index is -3.25. The Morgan fingerprint density at radius 1 is 1.30 bits per heavy atom. The fraction of sp³-hybridized carbons (Fsp3) is 0.214. The molecule has 0 aliphatic heterocycles. The van der Waals surface area contributed by atoms with Gasteiger partial charge in [0.25, 0.3) is 5.91 Å². The van der Waals surface area contributed by atoms with Gasteiger partial charge in [0, 0.05) is 12.1 Å². The summed E-state index contributed by atoms with van der Waals surface area (Å²) in [5.74, 6) is -4.49. The van der Waals surface area contributed by atoms with Gasteiger partial charge in [0.1, 0.15) is 34.8 Å². The number of alkyl halides is 2. The Labute approximate surface area is 127 Å². The SMILES string of the molecule is O=C(NC[C@@H](O)c1ccco1)c1c(F)cc(OC(F)F)cc1F. The minimum absolute atomic E-state index is 0.159. The van der Waals surface area contributed by atoms with Gasteiger partial charge in [0.15, 0.2) is 0 Å². The fourth-order valence-electron chi connectivity index (χ4n) is 1.80. The number of halogens is 4. The van der Waals surface area contributed by atoms with Crippen molar-refractivity contribution in [2.75, 3.05) is 6.54 Å². The van der Waals surface area contributed by atoms with E-state index in [0.717, 1.165) is 0 Å². The first-order chi connectivity index (χ1) is 10.9. The maximum atomic E-state index is 13.7. The number of hydrogen-bond acceptors (Lipinski definition) is 4. The molecule has 0 unspecified atom stereocenters. The average molecular weight is 333 g/mol. The highest BCUT2D eigenvalue weighted by Crippen LogP contribution is 2.22. The second kappa shape index (κ2) is 7.14. The van der Waals surface area contributed by atoms with E-state index >= 15 is 0 Å². The number of benzene rings is 1. The van der Waals surface area contributed by atoms with Gasteiger partial charge in [0.05, 0.1) is 12.8 Å². The highest BCUT2D eigenvalue weighted by atomic mass is 19.3. The van der Waals surface area contributed by atoms with E-state index in [1.807, 2.05) is 0 Å². The Hall–Kier alpha value is -2.55. The van der Waals surface area contributed by atoms with Gasteiger partial charge < -0.3 is 19.6 Å². The van der Waals surface area contributed by atoms with E-state index in [2.05, 4.69) is 10.1 Å². The third-order valence-electron chi connectivity index (χ3n) is 2.80. The number of aliphatic hydroxyl groups excluding tert-OH is 1. The summed E-state index contributed by atoms with van der Waals surface area (Å²) in [5, 5.41) is 11.8. The molecule has 0 saturated carbocycles. The van der Waals surface area contributed by atoms with E-state index in [-0.39, 0.29) is 12.3 Å². The lowest BCUT2D eigenvalue weighted by Crippen LogP contribution is -2.29. The zero-order valence-electron chi connectivity index (χ0n) is 11.4. The first kappa shape index (κ1) is 16.8. The first-order valence-corrected chi connectivity index (χ1v) is 6.32. The number of aliphatic hydroxyl groups is 1. The Balaban J connectivity index is 2.07. The lowest BCUT2D eigenvalue weighted by atomic mass is 10.1. The second-order valence-corrected chi connectivity index (χ2v) is 4.38. The van der Waals surface area contributed by atoms with Crippen LogP contribution in [0.3, 0.4) is 0 Å². The Morgan fingerprint density at radius 3 is 2.48 bits per heavy atom. The van der Waals surface area contributed by atoms with Gasteiger partial charge in [-0.15, -0.1) is 0 Å². The van der Waals surface area contributed by atoms with Crippen molar-refractivity contribution in [1.29, 1.82) is 0 Å². The van der Waals surface area contributed by atoms with Crippen LogP contribution in [0.25, 0.3) is 0 Å². The van der Waals surface area contributed by atoms with Gasteiger partial charge in [-0.05, 0) is 12.1 Å². The van der Waals surface area contributed by atoms with Gasteiger partial charge in [-0.25, -0.2) is 8.78 Å². The molecular formula is C14H11F4NO4. The summed E-state index contributed by atoms with van der Waals surface area (Å²) in [6.07, 6.45) is 0.100. The van der Waals surface area contributed by atoms with Gasteiger partial charge >= 0.3 is 6.61 Å². The number of ether oxygens (including phenoxy) is 1. The molecule has 1 aromatic heterocycles. The van der Waals surface area contributed by atoms with Gasteiger partial charge in [-0.1, -0.05) is 0 Å². The Bertz CT molecular complexity index is 652. The van der Waals surface area contributed by atoms with E-state index < -0.39 is 41.6 Å². The number of furan rings is 1. The summed E-state index contributed by atoms with van der Waals surface area (Å²) in [5.41, 5.74) is -0.974. The summed E-state index contributed by atoms with van der Waals surface area (Å²) >= 11 is 0. The molecule has 0 radical (unpaired) electrons. The van der Waals surface area contributed by atoms with Crippen LogP contribution in [0, 0.1) is 11.6 Å². The summed E-state index contributed by atoms with van der Waals surface area (Å²) in [7, 11) is 0. The summed E-state index contributed by atoms with van der Waals surface area (Å²) in [4.78, 5) is 11.8. The highest BCUT2D eigenvalue weighted by Gasteiger charge is 2.21. The molecule has 0 aliphatic rings. The number of rotatable bonds is 6. The van der Waals surface area contributed by atoms with Gasteiger partial charge in [0.2, 0.25) is 0 Å². The maximum Gasteiger partial charge on any atom is 0.387 e. The second-order valence-electron chi connectivity index (χ2n) is 4.38. The summed E-state index contributed by atoms with van der Waals surface area (Å²) < 4.78 is 60.2. The zero-order valence-corrected chi connectivity index (χ0v) is 11.4. The average Bonchev–Trinajstić information content (AvgIpc) is 2.97. The molecule has 1 atom stereocenters. The first-order valence-electron chi connectivity index (χ1n) is 6.32. The van der Waals surface area contributed by atoms with E-state index in [9.17, 15) is 27.5 Å². The number of amides is 1.